The summed E-state index contributed by atoms with van der Waals surface area (Å²) in [4.78, 5) is 11.7. The molecular weight excluding hydrogens is 209 g/mol. The molecule has 0 saturated carbocycles. The number of rotatable bonds is 2. The third-order valence-electron chi connectivity index (χ3n) is 2.68. The zero-order valence-corrected chi connectivity index (χ0v) is 8.91. The topological polar surface area (TPSA) is 38.3 Å². The molecule has 1 fully saturated rings. The predicted octanol–water partition coefficient (Wildman–Crippen LogP) is 1.73. The first-order valence-electron chi connectivity index (χ1n) is 5.40. The molecule has 1 heterocycles. The van der Waals surface area contributed by atoms with Crippen molar-refractivity contribution in [1.82, 2.24) is 5.32 Å². The lowest BCUT2D eigenvalue weighted by atomic mass is 10.1. The van der Waals surface area contributed by atoms with Gasteiger partial charge in [0.25, 0.3) is 5.91 Å². The van der Waals surface area contributed by atoms with E-state index in [1.165, 1.54) is 12.1 Å². The molecule has 1 amide bonds. The maximum Gasteiger partial charge on any atom is 0.254 e. The molecule has 1 N–H and O–H groups in total. The molecule has 2 rings (SSSR count). The fourth-order valence-corrected chi connectivity index (χ4v) is 1.75. The molecule has 1 aromatic rings. The quantitative estimate of drug-likeness (QED) is 0.829. The van der Waals surface area contributed by atoms with Gasteiger partial charge in [-0.05, 0) is 25.0 Å². The highest BCUT2D eigenvalue weighted by molar-refractivity contribution is 5.94. The van der Waals surface area contributed by atoms with Gasteiger partial charge < -0.3 is 10.1 Å². The molecule has 0 bridgehead atoms. The van der Waals surface area contributed by atoms with Gasteiger partial charge in [-0.1, -0.05) is 12.1 Å². The molecule has 0 aromatic heterocycles. The Kier molecular flexibility index (Phi) is 3.51. The smallest absolute Gasteiger partial charge is 0.254 e. The maximum absolute atomic E-state index is 13.3. The van der Waals surface area contributed by atoms with Crippen LogP contribution in [0.4, 0.5) is 4.39 Å². The van der Waals surface area contributed by atoms with Crippen LogP contribution in [-0.4, -0.2) is 25.2 Å². The van der Waals surface area contributed by atoms with E-state index in [0.717, 1.165) is 12.8 Å². The van der Waals surface area contributed by atoms with Crippen LogP contribution in [0.15, 0.2) is 24.3 Å². The lowest BCUT2D eigenvalue weighted by molar-refractivity contribution is 0.0694. The van der Waals surface area contributed by atoms with Gasteiger partial charge in [0.15, 0.2) is 0 Å². The molecule has 0 unspecified atom stereocenters. The molecule has 3 nitrogen and oxygen atoms in total. The van der Waals surface area contributed by atoms with Crippen molar-refractivity contribution in [2.45, 2.75) is 18.9 Å². The first-order valence-corrected chi connectivity index (χ1v) is 5.40. The van der Waals surface area contributed by atoms with Crippen LogP contribution < -0.4 is 5.32 Å². The summed E-state index contributed by atoms with van der Waals surface area (Å²) in [6, 6.07) is 6.10. The standard InChI is InChI=1S/C12H14FNO2/c13-11-4-2-1-3-10(11)12(15)14-9-5-7-16-8-6-9/h1-4,9H,5-8H2,(H,14,15). The summed E-state index contributed by atoms with van der Waals surface area (Å²) in [5.74, 6) is -0.822. The van der Waals surface area contributed by atoms with Gasteiger partial charge in [-0.25, -0.2) is 4.39 Å². The molecule has 1 aliphatic heterocycles. The van der Waals surface area contributed by atoms with Crippen molar-refractivity contribution in [3.8, 4) is 0 Å². The Bertz CT molecular complexity index is 375. The number of amides is 1. The molecule has 0 radical (unpaired) electrons. The average molecular weight is 223 g/mol. The zero-order chi connectivity index (χ0) is 11.4. The normalized spacial score (nSPS) is 17.1. The molecule has 1 aliphatic rings. The van der Waals surface area contributed by atoms with Crippen LogP contribution in [0.2, 0.25) is 0 Å². The summed E-state index contributed by atoms with van der Waals surface area (Å²) in [7, 11) is 0. The van der Waals surface area contributed by atoms with Crippen molar-refractivity contribution in [1.29, 1.82) is 0 Å². The van der Waals surface area contributed by atoms with Gasteiger partial charge in [-0.2, -0.15) is 0 Å². The number of hydrogen-bond acceptors (Lipinski definition) is 2. The van der Waals surface area contributed by atoms with Crippen LogP contribution in [0.3, 0.4) is 0 Å². The molecule has 0 aliphatic carbocycles. The Morgan fingerprint density at radius 3 is 2.69 bits per heavy atom. The molecule has 1 aromatic carbocycles. The Hall–Kier alpha value is -1.42. The largest absolute Gasteiger partial charge is 0.381 e. The third-order valence-corrected chi connectivity index (χ3v) is 2.68. The van der Waals surface area contributed by atoms with Crippen LogP contribution in [-0.2, 0) is 4.74 Å². The van der Waals surface area contributed by atoms with E-state index < -0.39 is 5.82 Å². The van der Waals surface area contributed by atoms with Crippen LogP contribution >= 0.6 is 0 Å². The van der Waals surface area contributed by atoms with Gasteiger partial charge in [0.1, 0.15) is 5.82 Å². The molecule has 4 heteroatoms. The first-order chi connectivity index (χ1) is 7.77. The monoisotopic (exact) mass is 223 g/mol. The molecule has 16 heavy (non-hydrogen) atoms. The van der Waals surface area contributed by atoms with Gasteiger partial charge in [-0.15, -0.1) is 0 Å². The number of nitrogens with one attached hydrogen (secondary N) is 1. The number of carbonyl (C=O) groups is 1. The Morgan fingerprint density at radius 1 is 1.31 bits per heavy atom. The van der Waals surface area contributed by atoms with Gasteiger partial charge in [0, 0.05) is 19.3 Å². The fraction of sp³-hybridized carbons (Fsp3) is 0.417. The highest BCUT2D eigenvalue weighted by Crippen LogP contribution is 2.10. The molecule has 86 valence electrons. The maximum atomic E-state index is 13.3. The Balaban J connectivity index is 2.00. The molecule has 1 saturated heterocycles. The van der Waals surface area contributed by atoms with E-state index in [1.54, 1.807) is 12.1 Å². The van der Waals surface area contributed by atoms with E-state index >= 15 is 0 Å². The summed E-state index contributed by atoms with van der Waals surface area (Å²) < 4.78 is 18.5. The first kappa shape index (κ1) is 11.1. The average Bonchev–Trinajstić information content (AvgIpc) is 2.31. The van der Waals surface area contributed by atoms with E-state index in [2.05, 4.69) is 5.32 Å². The van der Waals surface area contributed by atoms with Crippen molar-refractivity contribution in [2.75, 3.05) is 13.2 Å². The number of ether oxygens (including phenoxy) is 1. The number of hydrogen-bond donors (Lipinski definition) is 1. The summed E-state index contributed by atoms with van der Waals surface area (Å²) in [6.07, 6.45) is 1.58. The number of halogens is 1. The van der Waals surface area contributed by atoms with E-state index in [9.17, 15) is 9.18 Å². The van der Waals surface area contributed by atoms with Crippen molar-refractivity contribution in [3.63, 3.8) is 0 Å². The van der Waals surface area contributed by atoms with Gasteiger partial charge in [0.05, 0.1) is 5.56 Å². The minimum Gasteiger partial charge on any atom is -0.381 e. The van der Waals surface area contributed by atoms with Gasteiger partial charge in [0.2, 0.25) is 0 Å². The molecular formula is C12H14FNO2. The number of carbonyl (C=O) groups excluding carboxylic acids is 1. The van der Waals surface area contributed by atoms with Crippen molar-refractivity contribution >= 4 is 5.91 Å². The SMILES string of the molecule is O=C(NC1CCOCC1)c1ccccc1F. The summed E-state index contributed by atoms with van der Waals surface area (Å²) in [6.45, 7) is 1.31. The summed E-state index contributed by atoms with van der Waals surface area (Å²) in [5.41, 5.74) is 0.106. The summed E-state index contributed by atoms with van der Waals surface area (Å²) in [5, 5.41) is 2.82. The minimum absolute atomic E-state index is 0.0980. The van der Waals surface area contributed by atoms with Gasteiger partial charge in [-0.3, -0.25) is 4.79 Å². The Morgan fingerprint density at radius 2 is 2.00 bits per heavy atom. The predicted molar refractivity (Wildman–Crippen MR) is 57.7 cm³/mol. The van der Waals surface area contributed by atoms with E-state index in [1.807, 2.05) is 0 Å². The van der Waals surface area contributed by atoms with Crippen LogP contribution in [0.25, 0.3) is 0 Å². The van der Waals surface area contributed by atoms with Crippen molar-refractivity contribution in [3.05, 3.63) is 35.6 Å². The third kappa shape index (κ3) is 2.58. The van der Waals surface area contributed by atoms with Crippen molar-refractivity contribution < 1.29 is 13.9 Å². The fourth-order valence-electron chi connectivity index (χ4n) is 1.75. The lowest BCUT2D eigenvalue weighted by Crippen LogP contribution is -2.39. The van der Waals surface area contributed by atoms with Crippen LogP contribution in [0.5, 0.6) is 0 Å². The second-order valence-electron chi connectivity index (χ2n) is 3.84. The lowest BCUT2D eigenvalue weighted by Gasteiger charge is -2.23. The summed E-state index contributed by atoms with van der Waals surface area (Å²) >= 11 is 0. The van der Waals surface area contributed by atoms with E-state index in [4.69, 9.17) is 4.74 Å². The van der Waals surface area contributed by atoms with E-state index in [-0.39, 0.29) is 17.5 Å². The Labute approximate surface area is 93.6 Å². The molecule has 0 spiro atoms. The van der Waals surface area contributed by atoms with E-state index in [0.29, 0.717) is 13.2 Å². The molecule has 0 atom stereocenters. The minimum atomic E-state index is -0.480. The highest BCUT2D eigenvalue weighted by Gasteiger charge is 2.18. The van der Waals surface area contributed by atoms with Gasteiger partial charge >= 0.3 is 0 Å². The van der Waals surface area contributed by atoms with Crippen LogP contribution in [0, 0.1) is 5.82 Å². The van der Waals surface area contributed by atoms with Crippen LogP contribution in [0.1, 0.15) is 23.2 Å². The van der Waals surface area contributed by atoms with Crippen molar-refractivity contribution in [2.24, 2.45) is 0 Å². The highest BCUT2D eigenvalue weighted by atomic mass is 19.1. The second kappa shape index (κ2) is 5.07. The zero-order valence-electron chi connectivity index (χ0n) is 8.91. The second-order valence-corrected chi connectivity index (χ2v) is 3.84. The number of benzene rings is 1.